The van der Waals surface area contributed by atoms with Crippen LogP contribution in [0.4, 0.5) is 0 Å². The number of para-hydroxylation sites is 1. The third-order valence-electron chi connectivity index (χ3n) is 5.85. The number of nitrogens with zero attached hydrogens (tertiary/aromatic N) is 5. The number of unbranched alkanes of at least 4 members (excludes halogenated alkanes) is 1. The van der Waals surface area contributed by atoms with Crippen LogP contribution in [0.3, 0.4) is 0 Å². The number of carbonyl (C=O) groups excluding carboxylic acids is 1. The van der Waals surface area contributed by atoms with Crippen molar-refractivity contribution in [3.63, 3.8) is 0 Å². The standard InChI is InChI=1S/C26H32N6O4/c1-4-5-14-30-24-23(25(34)28-26(30)35)31(16-18(2)3)21(27-24)11-12-22(33)36-17-19-13-15-32(29-19)20-9-7-6-8-10-20/h6-10,13,15,18H,4-5,11-12,14,16-17H2,1-3H3,(H,28,34,35). The summed E-state index contributed by atoms with van der Waals surface area (Å²) in [4.78, 5) is 44.8. The number of rotatable bonds is 11. The quantitative estimate of drug-likeness (QED) is 0.321. The molecule has 190 valence electrons. The molecule has 10 heteroatoms. The summed E-state index contributed by atoms with van der Waals surface area (Å²) in [6.45, 7) is 7.20. The van der Waals surface area contributed by atoms with Gasteiger partial charge in [-0.2, -0.15) is 5.10 Å². The number of imidazole rings is 1. The van der Waals surface area contributed by atoms with E-state index in [0.29, 0.717) is 42.2 Å². The molecule has 4 aromatic rings. The summed E-state index contributed by atoms with van der Waals surface area (Å²) >= 11 is 0. The van der Waals surface area contributed by atoms with Crippen LogP contribution in [0.5, 0.6) is 0 Å². The van der Waals surface area contributed by atoms with Gasteiger partial charge in [0, 0.05) is 25.7 Å². The van der Waals surface area contributed by atoms with E-state index < -0.39 is 11.2 Å². The van der Waals surface area contributed by atoms with E-state index in [2.05, 4.69) is 15.1 Å². The summed E-state index contributed by atoms with van der Waals surface area (Å²) in [7, 11) is 0. The van der Waals surface area contributed by atoms with Gasteiger partial charge in [-0.15, -0.1) is 0 Å². The van der Waals surface area contributed by atoms with E-state index in [4.69, 9.17) is 4.74 Å². The van der Waals surface area contributed by atoms with Crippen molar-refractivity contribution in [2.45, 2.75) is 66.2 Å². The fraction of sp³-hybridized carbons (Fsp3) is 0.423. The highest BCUT2D eigenvalue weighted by Gasteiger charge is 2.20. The first-order valence-electron chi connectivity index (χ1n) is 12.3. The molecular weight excluding hydrogens is 460 g/mol. The van der Waals surface area contributed by atoms with Crippen LogP contribution in [-0.2, 0) is 35.6 Å². The summed E-state index contributed by atoms with van der Waals surface area (Å²) in [6.07, 6.45) is 3.90. The fourth-order valence-electron chi connectivity index (χ4n) is 4.10. The minimum atomic E-state index is -0.462. The predicted molar refractivity (Wildman–Crippen MR) is 136 cm³/mol. The molecule has 10 nitrogen and oxygen atoms in total. The molecule has 0 saturated carbocycles. The molecule has 0 spiro atoms. The van der Waals surface area contributed by atoms with E-state index >= 15 is 0 Å². The summed E-state index contributed by atoms with van der Waals surface area (Å²) in [5.41, 5.74) is 1.38. The highest BCUT2D eigenvalue weighted by atomic mass is 16.5. The van der Waals surface area contributed by atoms with Crippen LogP contribution in [0.1, 0.15) is 51.6 Å². The van der Waals surface area contributed by atoms with Crippen LogP contribution in [0.15, 0.2) is 52.2 Å². The molecule has 1 aromatic carbocycles. The highest BCUT2D eigenvalue weighted by Crippen LogP contribution is 2.16. The fourth-order valence-corrected chi connectivity index (χ4v) is 4.10. The summed E-state index contributed by atoms with van der Waals surface area (Å²) in [5.74, 6) is 0.443. The van der Waals surface area contributed by atoms with Crippen molar-refractivity contribution in [2.75, 3.05) is 0 Å². The molecule has 0 aliphatic carbocycles. The molecule has 0 radical (unpaired) electrons. The number of ether oxygens (including phenoxy) is 1. The second kappa shape index (κ2) is 11.2. The topological polar surface area (TPSA) is 117 Å². The SMILES string of the molecule is CCCCn1c(=O)[nH]c(=O)c2c1nc(CCC(=O)OCc1ccn(-c3ccccc3)n1)n2CC(C)C. The predicted octanol–water partition coefficient (Wildman–Crippen LogP) is 3.20. The van der Waals surface area contributed by atoms with Crippen molar-refractivity contribution >= 4 is 17.1 Å². The monoisotopic (exact) mass is 492 g/mol. The summed E-state index contributed by atoms with van der Waals surface area (Å²) in [6, 6.07) is 11.5. The molecular formula is C26H32N6O4. The van der Waals surface area contributed by atoms with E-state index in [-0.39, 0.29) is 24.9 Å². The smallest absolute Gasteiger partial charge is 0.330 e. The van der Waals surface area contributed by atoms with Gasteiger partial charge in [-0.05, 0) is 30.5 Å². The summed E-state index contributed by atoms with van der Waals surface area (Å²) in [5, 5.41) is 4.45. The zero-order chi connectivity index (χ0) is 25.7. The first kappa shape index (κ1) is 25.2. The molecule has 3 heterocycles. The number of aromatic nitrogens is 6. The molecule has 0 fully saturated rings. The highest BCUT2D eigenvalue weighted by molar-refractivity contribution is 5.72. The van der Waals surface area contributed by atoms with Crippen LogP contribution in [-0.4, -0.2) is 34.9 Å². The lowest BCUT2D eigenvalue weighted by molar-refractivity contribution is -0.145. The molecule has 0 aliphatic heterocycles. The molecule has 0 bridgehead atoms. The number of carbonyl (C=O) groups is 1. The molecule has 3 aromatic heterocycles. The van der Waals surface area contributed by atoms with Gasteiger partial charge in [-0.25, -0.2) is 14.5 Å². The first-order valence-corrected chi connectivity index (χ1v) is 12.3. The van der Waals surface area contributed by atoms with Gasteiger partial charge in [0.25, 0.3) is 5.56 Å². The second-order valence-corrected chi connectivity index (χ2v) is 9.22. The maximum Gasteiger partial charge on any atom is 0.330 e. The Balaban J connectivity index is 1.48. The Kier molecular flexibility index (Phi) is 7.82. The van der Waals surface area contributed by atoms with Gasteiger partial charge in [0.15, 0.2) is 11.2 Å². The average molecular weight is 493 g/mol. The molecule has 0 aliphatic rings. The van der Waals surface area contributed by atoms with Gasteiger partial charge >= 0.3 is 11.7 Å². The van der Waals surface area contributed by atoms with Crippen LogP contribution in [0.25, 0.3) is 16.9 Å². The van der Waals surface area contributed by atoms with E-state index in [1.54, 1.807) is 4.68 Å². The van der Waals surface area contributed by atoms with Crippen LogP contribution in [0.2, 0.25) is 0 Å². The van der Waals surface area contributed by atoms with Crippen molar-refractivity contribution < 1.29 is 9.53 Å². The maximum absolute atomic E-state index is 12.7. The van der Waals surface area contributed by atoms with Gasteiger partial charge in [0.1, 0.15) is 18.1 Å². The van der Waals surface area contributed by atoms with E-state index in [1.165, 1.54) is 4.57 Å². The van der Waals surface area contributed by atoms with Crippen LogP contribution >= 0.6 is 0 Å². The third-order valence-corrected chi connectivity index (χ3v) is 5.85. The Hall–Kier alpha value is -3.95. The lowest BCUT2D eigenvalue weighted by Crippen LogP contribution is -2.31. The largest absolute Gasteiger partial charge is 0.459 e. The first-order chi connectivity index (χ1) is 17.4. The van der Waals surface area contributed by atoms with Crippen molar-refractivity contribution in [2.24, 2.45) is 5.92 Å². The number of esters is 1. The molecule has 36 heavy (non-hydrogen) atoms. The molecule has 0 unspecified atom stereocenters. The number of H-pyrrole nitrogens is 1. The summed E-state index contributed by atoms with van der Waals surface area (Å²) < 4.78 is 10.5. The van der Waals surface area contributed by atoms with E-state index in [1.807, 2.05) is 67.9 Å². The average Bonchev–Trinajstić information content (AvgIpc) is 3.47. The Bertz CT molecular complexity index is 1440. The van der Waals surface area contributed by atoms with Crippen molar-refractivity contribution in [3.8, 4) is 5.69 Å². The lowest BCUT2D eigenvalue weighted by Gasteiger charge is -2.11. The molecule has 0 atom stereocenters. The molecule has 1 N–H and O–H groups in total. The van der Waals surface area contributed by atoms with Gasteiger partial charge < -0.3 is 9.30 Å². The number of hydrogen-bond acceptors (Lipinski definition) is 6. The third kappa shape index (κ3) is 5.64. The number of hydrogen-bond donors (Lipinski definition) is 1. The van der Waals surface area contributed by atoms with Gasteiger partial charge in [-0.3, -0.25) is 19.1 Å². The zero-order valence-corrected chi connectivity index (χ0v) is 20.9. The maximum atomic E-state index is 12.7. The van der Waals surface area contributed by atoms with Crippen molar-refractivity contribution in [3.05, 3.63) is 75.0 Å². The minimum Gasteiger partial charge on any atom is -0.459 e. The number of aryl methyl sites for hydroxylation is 2. The Morgan fingerprint density at radius 1 is 1.11 bits per heavy atom. The normalized spacial score (nSPS) is 11.4. The van der Waals surface area contributed by atoms with Gasteiger partial charge in [0.05, 0.1) is 12.1 Å². The Labute approximate surface area is 208 Å². The zero-order valence-electron chi connectivity index (χ0n) is 20.9. The van der Waals surface area contributed by atoms with Crippen molar-refractivity contribution in [1.29, 1.82) is 0 Å². The van der Waals surface area contributed by atoms with E-state index in [0.717, 1.165) is 18.5 Å². The number of benzene rings is 1. The Morgan fingerprint density at radius 2 is 1.89 bits per heavy atom. The van der Waals surface area contributed by atoms with Crippen LogP contribution in [0, 0.1) is 5.92 Å². The van der Waals surface area contributed by atoms with Crippen LogP contribution < -0.4 is 11.2 Å². The minimum absolute atomic E-state index is 0.0668. The van der Waals surface area contributed by atoms with Gasteiger partial charge in [-0.1, -0.05) is 45.4 Å². The lowest BCUT2D eigenvalue weighted by atomic mass is 10.2. The van der Waals surface area contributed by atoms with E-state index in [9.17, 15) is 14.4 Å². The number of nitrogens with one attached hydrogen (secondary N) is 1. The molecule has 0 amide bonds. The Morgan fingerprint density at radius 3 is 2.61 bits per heavy atom. The molecule has 0 saturated heterocycles. The number of fused-ring (bicyclic) bond motifs is 1. The van der Waals surface area contributed by atoms with Crippen molar-refractivity contribution in [1.82, 2.24) is 28.9 Å². The second-order valence-electron chi connectivity index (χ2n) is 9.22. The number of aromatic amines is 1. The molecule has 4 rings (SSSR count). The van der Waals surface area contributed by atoms with Gasteiger partial charge in [0.2, 0.25) is 0 Å².